The molecule has 3 aliphatic rings. The predicted molar refractivity (Wildman–Crippen MR) is 106 cm³/mol. The van der Waals surface area contributed by atoms with Gasteiger partial charge >= 0.3 is 0 Å². The maximum Gasteiger partial charge on any atom is 0.128 e. The summed E-state index contributed by atoms with van der Waals surface area (Å²) in [5.41, 5.74) is 0. The Labute approximate surface area is 157 Å². The quantitative estimate of drug-likeness (QED) is 0.822. The Balaban J connectivity index is 1.27. The van der Waals surface area contributed by atoms with Crippen LogP contribution in [0.2, 0.25) is 0 Å². The summed E-state index contributed by atoms with van der Waals surface area (Å²) in [6, 6.07) is 6.97. The Kier molecular flexibility index (Phi) is 5.59. The lowest BCUT2D eigenvalue weighted by Gasteiger charge is -2.43. The van der Waals surface area contributed by atoms with Gasteiger partial charge in [-0.2, -0.15) is 0 Å². The van der Waals surface area contributed by atoms with Gasteiger partial charge in [-0.25, -0.2) is 4.98 Å². The molecular weight excluding hydrogens is 322 g/mol. The van der Waals surface area contributed by atoms with E-state index >= 15 is 0 Å². The third-order valence-corrected chi connectivity index (χ3v) is 6.50. The zero-order valence-electron chi connectivity index (χ0n) is 15.9. The molecule has 1 aliphatic heterocycles. The molecule has 4 nitrogen and oxygen atoms in total. The van der Waals surface area contributed by atoms with E-state index in [9.17, 15) is 0 Å². The molecule has 0 radical (unpaired) electrons. The summed E-state index contributed by atoms with van der Waals surface area (Å²) in [7, 11) is 1.82. The van der Waals surface area contributed by atoms with Crippen molar-refractivity contribution in [1.82, 2.24) is 9.88 Å². The highest BCUT2D eigenvalue weighted by Gasteiger charge is 2.33. The Hall–Kier alpha value is -1.81. The lowest BCUT2D eigenvalue weighted by Crippen LogP contribution is -2.51. The summed E-state index contributed by atoms with van der Waals surface area (Å²) in [5, 5.41) is 0. The number of ether oxygens (including phenoxy) is 1. The largest absolute Gasteiger partial charge is 0.501 e. The molecular formula is C22H31N3O. The van der Waals surface area contributed by atoms with Gasteiger partial charge in [-0.05, 0) is 56.2 Å². The van der Waals surface area contributed by atoms with E-state index in [0.29, 0.717) is 5.92 Å². The van der Waals surface area contributed by atoms with Gasteiger partial charge in [0.25, 0.3) is 0 Å². The third kappa shape index (κ3) is 3.80. The molecule has 140 valence electrons. The lowest BCUT2D eigenvalue weighted by molar-refractivity contribution is 0.103. The molecule has 1 saturated heterocycles. The highest BCUT2D eigenvalue weighted by molar-refractivity contribution is 5.38. The Morgan fingerprint density at radius 1 is 1.04 bits per heavy atom. The molecule has 1 aromatic rings. The van der Waals surface area contributed by atoms with Gasteiger partial charge in [-0.15, -0.1) is 0 Å². The van der Waals surface area contributed by atoms with Crippen LogP contribution in [-0.2, 0) is 4.74 Å². The smallest absolute Gasteiger partial charge is 0.128 e. The highest BCUT2D eigenvalue weighted by Crippen LogP contribution is 2.39. The number of allylic oxidation sites excluding steroid dienone is 4. The van der Waals surface area contributed by atoms with Crippen LogP contribution in [-0.4, -0.2) is 49.2 Å². The van der Waals surface area contributed by atoms with E-state index in [1.54, 1.807) is 0 Å². The normalized spacial score (nSPS) is 30.1. The molecule has 4 heteroatoms. The second-order valence-electron chi connectivity index (χ2n) is 7.82. The minimum absolute atomic E-state index is 0.604. The molecule has 0 bridgehead atoms. The number of hydrogen-bond acceptors (Lipinski definition) is 4. The fourth-order valence-electron chi connectivity index (χ4n) is 5.00. The van der Waals surface area contributed by atoms with E-state index in [1.807, 2.05) is 19.4 Å². The van der Waals surface area contributed by atoms with Crippen molar-refractivity contribution < 1.29 is 4.74 Å². The first-order valence-electron chi connectivity index (χ1n) is 10.2. The zero-order chi connectivity index (χ0) is 17.8. The molecule has 2 fully saturated rings. The van der Waals surface area contributed by atoms with Crippen molar-refractivity contribution in [1.29, 1.82) is 0 Å². The minimum atomic E-state index is 0.604. The van der Waals surface area contributed by atoms with Gasteiger partial charge in [0.15, 0.2) is 0 Å². The van der Waals surface area contributed by atoms with E-state index in [4.69, 9.17) is 4.74 Å². The molecule has 0 spiro atoms. The van der Waals surface area contributed by atoms with Crippen LogP contribution < -0.4 is 4.90 Å². The van der Waals surface area contributed by atoms with Crippen LogP contribution in [0.4, 0.5) is 5.82 Å². The molecule has 26 heavy (non-hydrogen) atoms. The van der Waals surface area contributed by atoms with E-state index in [2.05, 4.69) is 45.1 Å². The summed E-state index contributed by atoms with van der Waals surface area (Å²) in [6.45, 7) is 4.53. The fraction of sp³-hybridized carbons (Fsp3) is 0.591. The Morgan fingerprint density at radius 2 is 1.85 bits per heavy atom. The Morgan fingerprint density at radius 3 is 2.54 bits per heavy atom. The van der Waals surface area contributed by atoms with E-state index in [-0.39, 0.29) is 0 Å². The van der Waals surface area contributed by atoms with Crippen molar-refractivity contribution >= 4 is 5.82 Å². The van der Waals surface area contributed by atoms with Gasteiger partial charge in [0.2, 0.25) is 0 Å². The van der Waals surface area contributed by atoms with Gasteiger partial charge in [-0.3, -0.25) is 4.90 Å². The predicted octanol–water partition coefficient (Wildman–Crippen LogP) is 3.87. The molecule has 1 aromatic heterocycles. The first kappa shape index (κ1) is 17.6. The second kappa shape index (κ2) is 8.26. The maximum absolute atomic E-state index is 5.64. The van der Waals surface area contributed by atoms with E-state index in [1.165, 1.54) is 44.5 Å². The standard InChI is InChI=1S/C22H31N3O/c1-26-21-7-3-2-6-20(21)18-9-11-19(12-10-18)24-14-16-25(17-15-24)22-8-4-5-13-23-22/h2-5,7-8,13,18-20H,6,9-12,14-17H2,1H3/t18-,19+,20?. The second-order valence-corrected chi connectivity index (χ2v) is 7.82. The van der Waals surface area contributed by atoms with Crippen LogP contribution in [0.25, 0.3) is 0 Å². The SMILES string of the molecule is COC1=CC=CCC1[C@H]1CC[C@@H](N2CCN(c3ccccn3)CC2)CC1. The van der Waals surface area contributed by atoms with Crippen LogP contribution >= 0.6 is 0 Å². The summed E-state index contributed by atoms with van der Waals surface area (Å²) in [4.78, 5) is 9.65. The molecule has 0 amide bonds. The number of pyridine rings is 1. The molecule has 1 saturated carbocycles. The van der Waals surface area contributed by atoms with Crippen LogP contribution in [0, 0.1) is 11.8 Å². The first-order chi connectivity index (χ1) is 12.8. The molecule has 0 aromatic carbocycles. The average molecular weight is 354 g/mol. The van der Waals surface area contributed by atoms with Crippen molar-refractivity contribution in [3.05, 3.63) is 48.4 Å². The number of anilines is 1. The summed E-state index contributed by atoms with van der Waals surface area (Å²) >= 11 is 0. The molecule has 0 N–H and O–H groups in total. The van der Waals surface area contributed by atoms with Crippen LogP contribution in [0.5, 0.6) is 0 Å². The van der Waals surface area contributed by atoms with Gasteiger partial charge < -0.3 is 9.64 Å². The van der Waals surface area contributed by atoms with Gasteiger partial charge in [0.05, 0.1) is 12.9 Å². The molecule has 2 aliphatic carbocycles. The highest BCUT2D eigenvalue weighted by atomic mass is 16.5. The number of nitrogens with zero attached hydrogens (tertiary/aromatic N) is 3. The fourth-order valence-corrected chi connectivity index (χ4v) is 5.00. The lowest BCUT2D eigenvalue weighted by atomic mass is 9.74. The van der Waals surface area contributed by atoms with E-state index < -0.39 is 0 Å². The number of aromatic nitrogens is 1. The van der Waals surface area contributed by atoms with E-state index in [0.717, 1.165) is 37.3 Å². The molecule has 1 unspecified atom stereocenters. The van der Waals surface area contributed by atoms with Crippen molar-refractivity contribution in [3.8, 4) is 0 Å². The summed E-state index contributed by atoms with van der Waals surface area (Å²) in [5.74, 6) is 3.71. The van der Waals surface area contributed by atoms with Gasteiger partial charge in [0.1, 0.15) is 5.82 Å². The number of hydrogen-bond donors (Lipinski definition) is 0. The van der Waals surface area contributed by atoms with Crippen molar-refractivity contribution in [2.24, 2.45) is 11.8 Å². The van der Waals surface area contributed by atoms with Crippen LogP contribution in [0.3, 0.4) is 0 Å². The Bertz CT molecular complexity index is 626. The topological polar surface area (TPSA) is 28.6 Å². The molecule has 2 heterocycles. The van der Waals surface area contributed by atoms with Crippen molar-refractivity contribution in [2.75, 3.05) is 38.2 Å². The number of methoxy groups -OCH3 is 1. The van der Waals surface area contributed by atoms with Gasteiger partial charge in [-0.1, -0.05) is 18.2 Å². The van der Waals surface area contributed by atoms with Crippen molar-refractivity contribution in [2.45, 2.75) is 38.1 Å². The number of piperazine rings is 1. The zero-order valence-corrected chi connectivity index (χ0v) is 15.9. The van der Waals surface area contributed by atoms with Crippen LogP contribution in [0.1, 0.15) is 32.1 Å². The summed E-state index contributed by atoms with van der Waals surface area (Å²) < 4.78 is 5.64. The maximum atomic E-state index is 5.64. The molecule has 1 atom stereocenters. The number of rotatable bonds is 4. The third-order valence-electron chi connectivity index (χ3n) is 6.50. The first-order valence-corrected chi connectivity index (χ1v) is 10.2. The van der Waals surface area contributed by atoms with Crippen LogP contribution in [0.15, 0.2) is 48.4 Å². The average Bonchev–Trinajstić information content (AvgIpc) is 2.74. The summed E-state index contributed by atoms with van der Waals surface area (Å²) in [6.07, 6.45) is 15.0. The minimum Gasteiger partial charge on any atom is -0.501 e. The molecule has 4 rings (SSSR count). The van der Waals surface area contributed by atoms with Crippen molar-refractivity contribution in [3.63, 3.8) is 0 Å². The monoisotopic (exact) mass is 353 g/mol. The van der Waals surface area contributed by atoms with Gasteiger partial charge in [0, 0.05) is 44.3 Å².